The molecule has 0 aliphatic heterocycles. The van der Waals surface area contributed by atoms with Gasteiger partial charge in [0, 0.05) is 0 Å². The first-order valence-electron chi connectivity index (χ1n) is 9.29. The maximum absolute atomic E-state index is 12.5. The minimum atomic E-state index is -3.04. The molecule has 160 valence electrons. The first-order chi connectivity index (χ1) is 15.0. The van der Waals surface area contributed by atoms with Crippen LogP contribution in [0.4, 0.5) is 14.5 Å². The second kappa shape index (κ2) is 10.7. The van der Waals surface area contributed by atoms with E-state index in [1.54, 1.807) is 24.3 Å². The SMILES string of the molecule is O=C(COC(=O)c1ccccc1OCc1ccccc1)Nc1ccccc1OC(F)F. The smallest absolute Gasteiger partial charge is 0.387 e. The normalized spacial score (nSPS) is 10.4. The van der Waals surface area contributed by atoms with Crippen molar-refractivity contribution in [1.29, 1.82) is 0 Å². The summed E-state index contributed by atoms with van der Waals surface area (Å²) in [7, 11) is 0. The minimum Gasteiger partial charge on any atom is -0.488 e. The van der Waals surface area contributed by atoms with Crippen LogP contribution in [0.25, 0.3) is 0 Å². The molecule has 0 unspecified atom stereocenters. The Kier molecular flexibility index (Phi) is 7.53. The van der Waals surface area contributed by atoms with E-state index in [1.165, 1.54) is 24.3 Å². The molecule has 0 aliphatic carbocycles. The molecule has 31 heavy (non-hydrogen) atoms. The maximum Gasteiger partial charge on any atom is 0.387 e. The van der Waals surface area contributed by atoms with E-state index < -0.39 is 25.1 Å². The highest BCUT2D eigenvalue weighted by molar-refractivity contribution is 5.97. The molecule has 6 nitrogen and oxygen atoms in total. The van der Waals surface area contributed by atoms with E-state index in [1.807, 2.05) is 30.3 Å². The van der Waals surface area contributed by atoms with Gasteiger partial charge in [-0.1, -0.05) is 54.6 Å². The van der Waals surface area contributed by atoms with E-state index in [0.29, 0.717) is 5.75 Å². The summed E-state index contributed by atoms with van der Waals surface area (Å²) in [6, 6.07) is 21.6. The van der Waals surface area contributed by atoms with Gasteiger partial charge in [-0.05, 0) is 29.8 Å². The summed E-state index contributed by atoms with van der Waals surface area (Å²) in [6.07, 6.45) is 0. The lowest BCUT2D eigenvalue weighted by molar-refractivity contribution is -0.119. The summed E-state index contributed by atoms with van der Waals surface area (Å²) in [5.41, 5.74) is 1.12. The minimum absolute atomic E-state index is 0.0374. The highest BCUT2D eigenvalue weighted by atomic mass is 19.3. The summed E-state index contributed by atoms with van der Waals surface area (Å²) >= 11 is 0. The van der Waals surface area contributed by atoms with E-state index in [2.05, 4.69) is 10.1 Å². The molecule has 0 heterocycles. The number of amides is 1. The van der Waals surface area contributed by atoms with Gasteiger partial charge >= 0.3 is 12.6 Å². The lowest BCUT2D eigenvalue weighted by Gasteiger charge is -2.13. The number of hydrogen-bond acceptors (Lipinski definition) is 5. The molecule has 1 amide bonds. The van der Waals surface area contributed by atoms with E-state index in [0.717, 1.165) is 5.56 Å². The second-order valence-electron chi connectivity index (χ2n) is 6.27. The number of carbonyl (C=O) groups excluding carboxylic acids is 2. The van der Waals surface area contributed by atoms with Gasteiger partial charge in [0.2, 0.25) is 0 Å². The van der Waals surface area contributed by atoms with E-state index in [4.69, 9.17) is 9.47 Å². The van der Waals surface area contributed by atoms with Crippen molar-refractivity contribution in [3.63, 3.8) is 0 Å². The quantitative estimate of drug-likeness (QED) is 0.503. The number of anilines is 1. The van der Waals surface area contributed by atoms with E-state index >= 15 is 0 Å². The Bertz CT molecular complexity index is 1030. The molecule has 0 saturated carbocycles. The third-order valence-electron chi connectivity index (χ3n) is 4.06. The summed E-state index contributed by atoms with van der Waals surface area (Å²) < 4.78 is 40.1. The standard InChI is InChI=1S/C23H19F2NO5/c24-23(25)31-20-13-7-5-11-18(20)26-21(27)15-30-22(28)17-10-4-6-12-19(17)29-14-16-8-2-1-3-9-16/h1-13,23H,14-15H2,(H,26,27). The van der Waals surface area contributed by atoms with Gasteiger partial charge in [-0.3, -0.25) is 4.79 Å². The van der Waals surface area contributed by atoms with Crippen LogP contribution in [0.5, 0.6) is 11.5 Å². The second-order valence-corrected chi connectivity index (χ2v) is 6.27. The fourth-order valence-corrected chi connectivity index (χ4v) is 2.66. The van der Waals surface area contributed by atoms with Gasteiger partial charge in [0.1, 0.15) is 23.7 Å². The highest BCUT2D eigenvalue weighted by Gasteiger charge is 2.17. The van der Waals surface area contributed by atoms with Crippen molar-refractivity contribution in [1.82, 2.24) is 0 Å². The van der Waals surface area contributed by atoms with Crippen molar-refractivity contribution in [2.75, 3.05) is 11.9 Å². The van der Waals surface area contributed by atoms with Crippen molar-refractivity contribution in [3.8, 4) is 11.5 Å². The lowest BCUT2D eigenvalue weighted by atomic mass is 10.2. The van der Waals surface area contributed by atoms with Crippen molar-refractivity contribution < 1.29 is 32.6 Å². The number of benzene rings is 3. The molecule has 0 aromatic heterocycles. The number of esters is 1. The molecule has 1 N–H and O–H groups in total. The van der Waals surface area contributed by atoms with Gasteiger partial charge in [0.15, 0.2) is 6.61 Å². The Morgan fingerprint density at radius 3 is 2.23 bits per heavy atom. The molecule has 3 aromatic carbocycles. The molecule has 0 radical (unpaired) electrons. The van der Waals surface area contributed by atoms with Gasteiger partial charge in [-0.2, -0.15) is 8.78 Å². The first kappa shape index (κ1) is 21.8. The molecule has 3 rings (SSSR count). The number of nitrogens with one attached hydrogen (secondary N) is 1. The molecule has 0 bridgehead atoms. The summed E-state index contributed by atoms with van der Waals surface area (Å²) in [5.74, 6) is -1.35. The molecule has 0 fully saturated rings. The summed E-state index contributed by atoms with van der Waals surface area (Å²) in [6.45, 7) is -3.40. The van der Waals surface area contributed by atoms with Gasteiger partial charge in [-0.25, -0.2) is 4.79 Å². The average Bonchev–Trinajstić information content (AvgIpc) is 2.78. The van der Waals surface area contributed by atoms with Crippen LogP contribution in [-0.4, -0.2) is 25.1 Å². The topological polar surface area (TPSA) is 73.9 Å². The zero-order chi connectivity index (χ0) is 22.1. The average molecular weight is 427 g/mol. The first-order valence-corrected chi connectivity index (χ1v) is 9.29. The van der Waals surface area contributed by atoms with Gasteiger partial charge in [0.25, 0.3) is 5.91 Å². The van der Waals surface area contributed by atoms with Crippen LogP contribution in [0.1, 0.15) is 15.9 Å². The number of halogens is 2. The van der Waals surface area contributed by atoms with Crippen molar-refractivity contribution in [2.24, 2.45) is 0 Å². The van der Waals surface area contributed by atoms with E-state index in [9.17, 15) is 18.4 Å². The van der Waals surface area contributed by atoms with Crippen LogP contribution >= 0.6 is 0 Å². The number of alkyl halides is 2. The molecule has 8 heteroatoms. The Morgan fingerprint density at radius 2 is 1.48 bits per heavy atom. The van der Waals surface area contributed by atoms with Crippen LogP contribution < -0.4 is 14.8 Å². The van der Waals surface area contributed by atoms with Crippen LogP contribution in [0.2, 0.25) is 0 Å². The fourth-order valence-electron chi connectivity index (χ4n) is 2.66. The van der Waals surface area contributed by atoms with Crippen LogP contribution in [0.15, 0.2) is 78.9 Å². The predicted molar refractivity (Wildman–Crippen MR) is 109 cm³/mol. The molecule has 0 aliphatic rings. The largest absolute Gasteiger partial charge is 0.488 e. The fraction of sp³-hybridized carbons (Fsp3) is 0.130. The number of para-hydroxylation sites is 3. The Hall–Kier alpha value is -3.94. The molecule has 0 spiro atoms. The zero-order valence-corrected chi connectivity index (χ0v) is 16.3. The number of rotatable bonds is 9. The van der Waals surface area contributed by atoms with Crippen molar-refractivity contribution >= 4 is 17.6 Å². The van der Waals surface area contributed by atoms with Crippen molar-refractivity contribution in [2.45, 2.75) is 13.2 Å². The number of hydrogen-bond donors (Lipinski definition) is 1. The van der Waals surface area contributed by atoms with E-state index in [-0.39, 0.29) is 23.6 Å². The van der Waals surface area contributed by atoms with Crippen molar-refractivity contribution in [3.05, 3.63) is 90.0 Å². The molecule has 0 atom stereocenters. The number of ether oxygens (including phenoxy) is 3. The third-order valence-corrected chi connectivity index (χ3v) is 4.06. The Balaban J connectivity index is 1.58. The molecule has 3 aromatic rings. The number of carbonyl (C=O) groups is 2. The van der Waals surface area contributed by atoms with Crippen LogP contribution in [-0.2, 0) is 16.1 Å². The van der Waals surface area contributed by atoms with Crippen LogP contribution in [0.3, 0.4) is 0 Å². The predicted octanol–water partition coefficient (Wildman–Crippen LogP) is 4.66. The maximum atomic E-state index is 12.5. The van der Waals surface area contributed by atoms with Gasteiger partial charge < -0.3 is 19.5 Å². The lowest BCUT2D eigenvalue weighted by Crippen LogP contribution is -2.21. The van der Waals surface area contributed by atoms with Gasteiger partial charge in [0.05, 0.1) is 5.69 Å². The highest BCUT2D eigenvalue weighted by Crippen LogP contribution is 2.25. The monoisotopic (exact) mass is 427 g/mol. The van der Waals surface area contributed by atoms with Crippen LogP contribution in [0, 0.1) is 0 Å². The third kappa shape index (κ3) is 6.53. The summed E-state index contributed by atoms with van der Waals surface area (Å²) in [5, 5.41) is 2.38. The molecule has 0 saturated heterocycles. The molecular weight excluding hydrogens is 408 g/mol. The Morgan fingerprint density at radius 1 is 0.839 bits per heavy atom. The van der Waals surface area contributed by atoms with Gasteiger partial charge in [-0.15, -0.1) is 0 Å². The Labute approximate surface area is 177 Å². The molecular formula is C23H19F2NO5. The summed E-state index contributed by atoms with van der Waals surface area (Å²) in [4.78, 5) is 24.6. The zero-order valence-electron chi connectivity index (χ0n) is 16.3.